The van der Waals surface area contributed by atoms with E-state index in [2.05, 4.69) is 4.74 Å². The first-order valence-electron chi connectivity index (χ1n) is 8.34. The zero-order chi connectivity index (χ0) is 16.2. The van der Waals surface area contributed by atoms with E-state index in [4.69, 9.17) is 0 Å². The first kappa shape index (κ1) is 14.6. The van der Waals surface area contributed by atoms with Crippen LogP contribution in [-0.4, -0.2) is 24.6 Å². The molecule has 0 amide bonds. The fourth-order valence-corrected chi connectivity index (χ4v) is 5.63. The monoisotopic (exact) mass is 312 g/mol. The number of ketones is 2. The molecule has 120 valence electrons. The molecule has 3 aliphatic carbocycles. The van der Waals surface area contributed by atoms with E-state index >= 15 is 0 Å². The second kappa shape index (κ2) is 5.02. The van der Waals surface area contributed by atoms with Gasteiger partial charge in [-0.3, -0.25) is 9.59 Å². The molecule has 3 fully saturated rings. The van der Waals surface area contributed by atoms with Gasteiger partial charge in [0, 0.05) is 11.8 Å². The van der Waals surface area contributed by atoms with Gasteiger partial charge in [0.25, 0.3) is 0 Å². The van der Waals surface area contributed by atoms with Crippen LogP contribution in [0.1, 0.15) is 31.2 Å². The molecular formula is C19H20O4. The van der Waals surface area contributed by atoms with E-state index in [-0.39, 0.29) is 23.5 Å². The Balaban J connectivity index is 1.79. The van der Waals surface area contributed by atoms with Gasteiger partial charge in [-0.25, -0.2) is 4.79 Å². The van der Waals surface area contributed by atoms with E-state index in [1.54, 1.807) is 0 Å². The van der Waals surface area contributed by atoms with Gasteiger partial charge in [0.05, 0.1) is 12.5 Å². The van der Waals surface area contributed by atoms with Crippen molar-refractivity contribution in [3.63, 3.8) is 0 Å². The number of rotatable bonds is 3. The molecule has 1 aromatic rings. The van der Waals surface area contributed by atoms with Gasteiger partial charge in [-0.05, 0) is 43.1 Å². The molecule has 4 nitrogen and oxygen atoms in total. The third-order valence-corrected chi connectivity index (χ3v) is 6.44. The molecule has 0 heterocycles. The first-order valence-corrected chi connectivity index (χ1v) is 8.34. The molecule has 23 heavy (non-hydrogen) atoms. The number of Topliss-reactive ketones (excluding diaryl/α,β-unsaturated/α-hetero) is 2. The number of benzene rings is 1. The maximum Gasteiger partial charge on any atom is 0.374 e. The third-order valence-electron chi connectivity index (χ3n) is 6.44. The zero-order valence-corrected chi connectivity index (χ0v) is 13.2. The normalized spacial score (nSPS) is 37.7. The second-order valence-corrected chi connectivity index (χ2v) is 7.04. The molecule has 4 rings (SSSR count). The summed E-state index contributed by atoms with van der Waals surface area (Å²) in [6.07, 6.45) is 3.24. The van der Waals surface area contributed by atoms with Crippen LogP contribution in [-0.2, 0) is 24.5 Å². The predicted molar refractivity (Wildman–Crippen MR) is 82.6 cm³/mol. The minimum absolute atomic E-state index is 0.0623. The lowest BCUT2D eigenvalue weighted by molar-refractivity contribution is -0.177. The van der Waals surface area contributed by atoms with Crippen LogP contribution in [0.5, 0.6) is 0 Å². The summed E-state index contributed by atoms with van der Waals surface area (Å²) < 4.78 is 4.64. The summed E-state index contributed by atoms with van der Waals surface area (Å²) in [7, 11) is 1.24. The van der Waals surface area contributed by atoms with Gasteiger partial charge in [-0.2, -0.15) is 0 Å². The lowest BCUT2D eigenvalue weighted by Gasteiger charge is -2.65. The van der Waals surface area contributed by atoms with Crippen molar-refractivity contribution in [1.29, 1.82) is 0 Å². The molecule has 0 N–H and O–H groups in total. The van der Waals surface area contributed by atoms with E-state index in [1.165, 1.54) is 7.11 Å². The van der Waals surface area contributed by atoms with Crippen molar-refractivity contribution in [1.82, 2.24) is 0 Å². The van der Waals surface area contributed by atoms with Gasteiger partial charge < -0.3 is 4.74 Å². The Bertz CT molecular complexity index is 680. The molecule has 4 heteroatoms. The van der Waals surface area contributed by atoms with Gasteiger partial charge >= 0.3 is 5.97 Å². The number of carbonyl (C=O) groups excluding carboxylic acids is 3. The molecule has 4 bridgehead atoms. The molecule has 3 saturated carbocycles. The van der Waals surface area contributed by atoms with Gasteiger partial charge in [0.2, 0.25) is 5.78 Å². The first-order chi connectivity index (χ1) is 11.1. The Hall–Kier alpha value is -1.97. The van der Waals surface area contributed by atoms with Crippen molar-refractivity contribution in [2.75, 3.05) is 7.11 Å². The summed E-state index contributed by atoms with van der Waals surface area (Å²) >= 11 is 0. The number of esters is 1. The Morgan fingerprint density at radius 3 is 2.43 bits per heavy atom. The van der Waals surface area contributed by atoms with Gasteiger partial charge in [0.1, 0.15) is 5.78 Å². The standard InChI is InChI=1S/C19H20O4/c1-23-18(22)16(20)12-7-9-15-13-8-10-14(12)19(15,17(13)21)11-5-3-2-4-6-11/h2-6,12-15H,7-10H2,1H3/t12-,13+,14+,15-,19+/m0/s1. The summed E-state index contributed by atoms with van der Waals surface area (Å²) in [4.78, 5) is 37.2. The maximum absolute atomic E-state index is 13.0. The van der Waals surface area contributed by atoms with Crippen LogP contribution in [0.3, 0.4) is 0 Å². The van der Waals surface area contributed by atoms with E-state index in [1.807, 2.05) is 30.3 Å². The highest BCUT2D eigenvalue weighted by molar-refractivity contribution is 6.34. The molecule has 0 aromatic heterocycles. The van der Waals surface area contributed by atoms with E-state index < -0.39 is 17.2 Å². The number of hydrogen-bond donors (Lipinski definition) is 0. The van der Waals surface area contributed by atoms with Crippen molar-refractivity contribution in [2.45, 2.75) is 31.1 Å². The Morgan fingerprint density at radius 2 is 1.74 bits per heavy atom. The van der Waals surface area contributed by atoms with Crippen molar-refractivity contribution in [3.8, 4) is 0 Å². The molecule has 5 atom stereocenters. The maximum atomic E-state index is 13.0. The van der Waals surface area contributed by atoms with Crippen molar-refractivity contribution in [2.24, 2.45) is 23.7 Å². The number of hydrogen-bond acceptors (Lipinski definition) is 4. The van der Waals surface area contributed by atoms with Crippen molar-refractivity contribution >= 4 is 17.5 Å². The second-order valence-electron chi connectivity index (χ2n) is 7.04. The van der Waals surface area contributed by atoms with E-state index in [0.717, 1.165) is 24.8 Å². The van der Waals surface area contributed by atoms with Crippen molar-refractivity contribution < 1.29 is 19.1 Å². The lowest BCUT2D eigenvalue weighted by atomic mass is 9.35. The topological polar surface area (TPSA) is 60.4 Å². The Kier molecular flexibility index (Phi) is 3.19. The average molecular weight is 312 g/mol. The molecule has 0 spiro atoms. The predicted octanol–water partition coefficient (Wildman–Crippen LogP) is 2.30. The minimum atomic E-state index is -0.773. The molecule has 0 unspecified atom stereocenters. The number of methoxy groups -OCH3 is 1. The summed E-state index contributed by atoms with van der Waals surface area (Å²) in [5, 5.41) is 0. The molecule has 1 aromatic carbocycles. The van der Waals surface area contributed by atoms with Crippen LogP contribution in [0.2, 0.25) is 0 Å². The summed E-state index contributed by atoms with van der Waals surface area (Å²) in [6, 6.07) is 9.85. The van der Waals surface area contributed by atoms with Crippen LogP contribution in [0.4, 0.5) is 0 Å². The largest absolute Gasteiger partial charge is 0.463 e. The van der Waals surface area contributed by atoms with Crippen LogP contribution < -0.4 is 0 Å². The number of carbonyl (C=O) groups is 3. The van der Waals surface area contributed by atoms with Gasteiger partial charge in [-0.1, -0.05) is 30.3 Å². The summed E-state index contributed by atoms with van der Waals surface area (Å²) in [5.41, 5.74) is 0.481. The Labute approximate surface area is 135 Å². The smallest absolute Gasteiger partial charge is 0.374 e. The average Bonchev–Trinajstić information content (AvgIpc) is 2.60. The SMILES string of the molecule is COC(=O)C(=O)[C@H]1CC[C@H]2[C@H]3CC[C@H]1[C@@]2(c1ccccc1)C3=O. The number of ether oxygens (including phenoxy) is 1. The van der Waals surface area contributed by atoms with E-state index in [0.29, 0.717) is 12.3 Å². The highest BCUT2D eigenvalue weighted by Gasteiger charge is 2.71. The fourth-order valence-electron chi connectivity index (χ4n) is 5.63. The van der Waals surface area contributed by atoms with Crippen LogP contribution in [0, 0.1) is 23.7 Å². The minimum Gasteiger partial charge on any atom is -0.463 e. The van der Waals surface area contributed by atoms with Crippen LogP contribution in [0.15, 0.2) is 30.3 Å². The van der Waals surface area contributed by atoms with Crippen molar-refractivity contribution in [3.05, 3.63) is 35.9 Å². The summed E-state index contributed by atoms with van der Waals surface area (Å²) in [5.74, 6) is -0.905. The molecular weight excluding hydrogens is 292 g/mol. The Morgan fingerprint density at radius 1 is 1.04 bits per heavy atom. The molecule has 0 saturated heterocycles. The highest BCUT2D eigenvalue weighted by atomic mass is 16.5. The summed E-state index contributed by atoms with van der Waals surface area (Å²) in [6.45, 7) is 0. The lowest BCUT2D eigenvalue weighted by Crippen LogP contribution is -2.71. The molecule has 0 radical (unpaired) electrons. The zero-order valence-electron chi connectivity index (χ0n) is 13.2. The quantitative estimate of drug-likeness (QED) is 0.635. The van der Waals surface area contributed by atoms with E-state index in [9.17, 15) is 14.4 Å². The third kappa shape index (κ3) is 1.69. The van der Waals surface area contributed by atoms with Crippen LogP contribution in [0.25, 0.3) is 0 Å². The van der Waals surface area contributed by atoms with Gasteiger partial charge in [-0.15, -0.1) is 0 Å². The highest BCUT2D eigenvalue weighted by Crippen LogP contribution is 2.67. The molecule has 3 aliphatic rings. The van der Waals surface area contributed by atoms with Gasteiger partial charge in [0.15, 0.2) is 0 Å². The van der Waals surface area contributed by atoms with Crippen LogP contribution >= 0.6 is 0 Å². The molecule has 0 aliphatic heterocycles. The fraction of sp³-hybridized carbons (Fsp3) is 0.526.